The summed E-state index contributed by atoms with van der Waals surface area (Å²) < 4.78 is 0. The van der Waals surface area contributed by atoms with Gasteiger partial charge in [-0.3, -0.25) is 4.79 Å². The van der Waals surface area contributed by atoms with Gasteiger partial charge in [0.15, 0.2) is 0 Å². The highest BCUT2D eigenvalue weighted by Crippen LogP contribution is 2.34. The van der Waals surface area contributed by atoms with Crippen LogP contribution in [0.25, 0.3) is 0 Å². The van der Waals surface area contributed by atoms with Crippen molar-refractivity contribution in [1.29, 1.82) is 0 Å². The molecular formula is C15H27N3O. The summed E-state index contributed by atoms with van der Waals surface area (Å²) in [6, 6.07) is 0.321. The average molecular weight is 265 g/mol. The van der Waals surface area contributed by atoms with Crippen LogP contribution in [0.5, 0.6) is 0 Å². The van der Waals surface area contributed by atoms with Crippen molar-refractivity contribution in [2.75, 3.05) is 6.54 Å². The molecule has 0 aromatic rings. The van der Waals surface area contributed by atoms with Gasteiger partial charge in [-0.25, -0.2) is 5.01 Å². The summed E-state index contributed by atoms with van der Waals surface area (Å²) in [6.45, 7) is 6.94. The fourth-order valence-corrected chi connectivity index (χ4v) is 3.20. The van der Waals surface area contributed by atoms with Crippen molar-refractivity contribution in [3.63, 3.8) is 0 Å². The molecule has 19 heavy (non-hydrogen) atoms. The number of hydrogen-bond acceptors (Lipinski definition) is 3. The molecule has 0 aromatic carbocycles. The van der Waals surface area contributed by atoms with Crippen molar-refractivity contribution in [2.45, 2.75) is 65.3 Å². The summed E-state index contributed by atoms with van der Waals surface area (Å²) in [4.78, 5) is 12.6. The van der Waals surface area contributed by atoms with Crippen molar-refractivity contribution >= 4 is 11.6 Å². The maximum Gasteiger partial charge on any atom is 0.251 e. The average Bonchev–Trinajstić information content (AvgIpc) is 2.69. The molecule has 0 spiro atoms. The van der Waals surface area contributed by atoms with E-state index in [4.69, 9.17) is 10.8 Å². The lowest BCUT2D eigenvalue weighted by atomic mass is 9.81. The first kappa shape index (κ1) is 14.5. The molecule has 4 heteroatoms. The molecule has 2 aliphatic rings. The molecule has 0 bridgehead atoms. The summed E-state index contributed by atoms with van der Waals surface area (Å²) in [6.07, 6.45) is 6.65. The topological polar surface area (TPSA) is 58.7 Å². The number of amides is 1. The molecule has 1 fully saturated rings. The molecule has 1 unspecified atom stereocenters. The maximum atomic E-state index is 12.6. The number of hydrazone groups is 1. The number of nitrogens with two attached hydrogens (primary N) is 1. The molecule has 2 rings (SSSR count). The molecule has 2 N–H and O–H groups in total. The summed E-state index contributed by atoms with van der Waals surface area (Å²) in [7, 11) is 0. The Morgan fingerprint density at radius 1 is 1.26 bits per heavy atom. The monoisotopic (exact) mass is 265 g/mol. The van der Waals surface area contributed by atoms with Gasteiger partial charge in [0, 0.05) is 5.41 Å². The van der Waals surface area contributed by atoms with E-state index in [1.165, 1.54) is 19.3 Å². The van der Waals surface area contributed by atoms with Crippen LogP contribution in [-0.4, -0.2) is 29.2 Å². The van der Waals surface area contributed by atoms with Crippen LogP contribution in [0.3, 0.4) is 0 Å². The minimum absolute atomic E-state index is 0.0566. The molecule has 4 nitrogen and oxygen atoms in total. The molecule has 108 valence electrons. The zero-order valence-corrected chi connectivity index (χ0v) is 12.5. The number of hydrogen-bond donors (Lipinski definition) is 1. The van der Waals surface area contributed by atoms with Gasteiger partial charge < -0.3 is 5.73 Å². The molecule has 1 heterocycles. The van der Waals surface area contributed by atoms with E-state index < -0.39 is 0 Å². The second-order valence-corrected chi connectivity index (χ2v) is 6.84. The van der Waals surface area contributed by atoms with Gasteiger partial charge in [-0.2, -0.15) is 5.10 Å². The van der Waals surface area contributed by atoms with E-state index >= 15 is 0 Å². The van der Waals surface area contributed by atoms with Gasteiger partial charge in [0.25, 0.3) is 5.91 Å². The SMILES string of the molecule is CC(C)(C)C1=NN(C2CCCCC2)C(=O)C1CCN. The molecule has 1 saturated carbocycles. The fourth-order valence-electron chi connectivity index (χ4n) is 3.20. The summed E-state index contributed by atoms with van der Waals surface area (Å²) in [5.74, 6) is 0.0919. The Morgan fingerprint density at radius 2 is 1.89 bits per heavy atom. The lowest BCUT2D eigenvalue weighted by Gasteiger charge is -2.28. The van der Waals surface area contributed by atoms with Gasteiger partial charge in [0.1, 0.15) is 0 Å². The van der Waals surface area contributed by atoms with Gasteiger partial charge >= 0.3 is 0 Å². The number of carbonyl (C=O) groups is 1. The Bertz CT molecular complexity index is 364. The highest BCUT2D eigenvalue weighted by Gasteiger charge is 2.42. The van der Waals surface area contributed by atoms with E-state index in [-0.39, 0.29) is 17.2 Å². The maximum absolute atomic E-state index is 12.6. The predicted octanol–water partition coefficient (Wildman–Crippen LogP) is 2.53. The van der Waals surface area contributed by atoms with Gasteiger partial charge in [-0.15, -0.1) is 0 Å². The fraction of sp³-hybridized carbons (Fsp3) is 0.867. The standard InChI is InChI=1S/C15H27N3O/c1-15(2,3)13-12(9-10-16)14(19)18(17-13)11-7-5-4-6-8-11/h11-12H,4-10,16H2,1-3H3. The number of carbonyl (C=O) groups excluding carboxylic acids is 1. The van der Waals surface area contributed by atoms with E-state index in [1.807, 2.05) is 0 Å². The van der Waals surface area contributed by atoms with E-state index in [1.54, 1.807) is 5.01 Å². The number of nitrogens with zero attached hydrogens (tertiary/aromatic N) is 2. The smallest absolute Gasteiger partial charge is 0.251 e. The Kier molecular flexibility index (Phi) is 4.29. The molecule has 1 aliphatic carbocycles. The molecule has 1 atom stereocenters. The zero-order valence-electron chi connectivity index (χ0n) is 12.5. The van der Waals surface area contributed by atoms with Crippen LogP contribution in [0.2, 0.25) is 0 Å². The summed E-state index contributed by atoms with van der Waals surface area (Å²) in [5.41, 5.74) is 6.64. The van der Waals surface area contributed by atoms with Crippen molar-refractivity contribution in [2.24, 2.45) is 22.2 Å². The predicted molar refractivity (Wildman–Crippen MR) is 77.8 cm³/mol. The molecule has 0 aromatic heterocycles. The third-order valence-corrected chi connectivity index (χ3v) is 4.21. The quantitative estimate of drug-likeness (QED) is 0.852. The van der Waals surface area contributed by atoms with Crippen LogP contribution in [-0.2, 0) is 4.79 Å². The Morgan fingerprint density at radius 3 is 2.42 bits per heavy atom. The molecule has 0 saturated heterocycles. The second kappa shape index (κ2) is 5.61. The highest BCUT2D eigenvalue weighted by atomic mass is 16.2. The summed E-state index contributed by atoms with van der Waals surface area (Å²) >= 11 is 0. The minimum atomic E-state index is -0.0908. The Hall–Kier alpha value is -0.900. The number of rotatable bonds is 3. The van der Waals surface area contributed by atoms with Crippen molar-refractivity contribution in [1.82, 2.24) is 5.01 Å². The van der Waals surface area contributed by atoms with Crippen molar-refractivity contribution in [3.8, 4) is 0 Å². The van der Waals surface area contributed by atoms with Crippen LogP contribution < -0.4 is 5.73 Å². The first-order chi connectivity index (χ1) is 8.95. The first-order valence-electron chi connectivity index (χ1n) is 7.57. The Balaban J connectivity index is 2.21. The largest absolute Gasteiger partial charge is 0.330 e. The third-order valence-electron chi connectivity index (χ3n) is 4.21. The van der Waals surface area contributed by atoms with Crippen LogP contribution in [0.1, 0.15) is 59.3 Å². The van der Waals surface area contributed by atoms with Crippen LogP contribution in [0, 0.1) is 11.3 Å². The Labute approximate surface area is 116 Å². The molecular weight excluding hydrogens is 238 g/mol. The first-order valence-corrected chi connectivity index (χ1v) is 7.57. The van der Waals surface area contributed by atoms with Crippen LogP contribution in [0.15, 0.2) is 5.10 Å². The van der Waals surface area contributed by atoms with Crippen LogP contribution in [0.4, 0.5) is 0 Å². The van der Waals surface area contributed by atoms with E-state index in [0.717, 1.165) is 25.0 Å². The van der Waals surface area contributed by atoms with Gasteiger partial charge in [0.2, 0.25) is 0 Å². The molecule has 0 radical (unpaired) electrons. The molecule has 1 amide bonds. The highest BCUT2D eigenvalue weighted by molar-refractivity contribution is 6.10. The van der Waals surface area contributed by atoms with Gasteiger partial charge in [0.05, 0.1) is 17.7 Å². The lowest BCUT2D eigenvalue weighted by molar-refractivity contribution is -0.134. The van der Waals surface area contributed by atoms with Crippen molar-refractivity contribution < 1.29 is 4.79 Å². The van der Waals surface area contributed by atoms with E-state index in [2.05, 4.69) is 20.8 Å². The van der Waals surface area contributed by atoms with Crippen molar-refractivity contribution in [3.05, 3.63) is 0 Å². The second-order valence-electron chi connectivity index (χ2n) is 6.84. The lowest BCUT2D eigenvalue weighted by Crippen LogP contribution is -2.38. The van der Waals surface area contributed by atoms with Gasteiger partial charge in [-0.05, 0) is 25.8 Å². The van der Waals surface area contributed by atoms with Crippen LogP contribution >= 0.6 is 0 Å². The third kappa shape index (κ3) is 2.99. The minimum Gasteiger partial charge on any atom is -0.330 e. The normalized spacial score (nSPS) is 25.9. The zero-order chi connectivity index (χ0) is 14.0. The van der Waals surface area contributed by atoms with E-state index in [9.17, 15) is 4.79 Å². The summed E-state index contributed by atoms with van der Waals surface area (Å²) in [5, 5.41) is 6.50. The van der Waals surface area contributed by atoms with E-state index in [0.29, 0.717) is 12.6 Å². The van der Waals surface area contributed by atoms with Gasteiger partial charge in [-0.1, -0.05) is 40.0 Å². The molecule has 1 aliphatic heterocycles.